The summed E-state index contributed by atoms with van der Waals surface area (Å²) in [6, 6.07) is 18.8. The molecule has 1 amide bonds. The second-order valence-electron chi connectivity index (χ2n) is 8.24. The maximum absolute atomic E-state index is 12.5. The van der Waals surface area contributed by atoms with E-state index in [9.17, 15) is 4.79 Å². The minimum Gasteiger partial charge on any atom is -0.491 e. The van der Waals surface area contributed by atoms with E-state index in [-0.39, 0.29) is 17.9 Å². The lowest BCUT2D eigenvalue weighted by molar-refractivity contribution is -0.126. The number of likely N-dealkylation sites (tertiary alicyclic amines) is 1. The lowest BCUT2D eigenvalue weighted by Gasteiger charge is -2.31. The van der Waals surface area contributed by atoms with Crippen molar-refractivity contribution in [3.05, 3.63) is 65.7 Å². The minimum absolute atomic E-state index is 0.162. The van der Waals surface area contributed by atoms with Crippen LogP contribution in [0.5, 0.6) is 5.75 Å². The normalized spacial score (nSPS) is 15.4. The summed E-state index contributed by atoms with van der Waals surface area (Å²) >= 11 is 0. The third-order valence-electron chi connectivity index (χ3n) is 5.44. The van der Waals surface area contributed by atoms with Gasteiger partial charge in [0.2, 0.25) is 5.91 Å². The van der Waals surface area contributed by atoms with Crippen molar-refractivity contribution in [1.29, 1.82) is 0 Å². The summed E-state index contributed by atoms with van der Waals surface area (Å²) in [7, 11) is 0. The molecule has 1 fully saturated rings. The van der Waals surface area contributed by atoms with E-state index in [1.54, 1.807) is 0 Å². The summed E-state index contributed by atoms with van der Waals surface area (Å²) in [5.74, 6) is 1.30. The average molecular weight is 395 g/mol. The number of hydrogen-bond donors (Lipinski definition) is 1. The van der Waals surface area contributed by atoms with Gasteiger partial charge < -0.3 is 10.1 Å². The van der Waals surface area contributed by atoms with Gasteiger partial charge >= 0.3 is 0 Å². The van der Waals surface area contributed by atoms with E-state index >= 15 is 0 Å². The SMILES string of the molecule is CC(C)Oc1ccc(CCCNC(=O)C2CCN(Cc3ccccc3)CC2)cc1. The van der Waals surface area contributed by atoms with Crippen molar-refractivity contribution in [3.8, 4) is 5.75 Å². The van der Waals surface area contributed by atoms with Crippen LogP contribution >= 0.6 is 0 Å². The van der Waals surface area contributed by atoms with Crippen molar-refractivity contribution in [2.24, 2.45) is 5.92 Å². The first-order valence-electron chi connectivity index (χ1n) is 10.9. The quantitative estimate of drug-likeness (QED) is 0.640. The van der Waals surface area contributed by atoms with Crippen LogP contribution in [0.2, 0.25) is 0 Å². The Morgan fingerprint density at radius 1 is 1.03 bits per heavy atom. The fourth-order valence-electron chi connectivity index (χ4n) is 3.85. The molecule has 0 atom stereocenters. The first-order valence-corrected chi connectivity index (χ1v) is 10.9. The molecule has 1 aliphatic heterocycles. The van der Waals surface area contributed by atoms with Crippen LogP contribution < -0.4 is 10.1 Å². The van der Waals surface area contributed by atoms with Crippen molar-refractivity contribution >= 4 is 5.91 Å². The molecule has 0 unspecified atom stereocenters. The molecular weight excluding hydrogens is 360 g/mol. The Balaban J connectivity index is 1.31. The zero-order valence-electron chi connectivity index (χ0n) is 17.8. The summed E-state index contributed by atoms with van der Waals surface area (Å²) in [6.45, 7) is 7.78. The standard InChI is InChI=1S/C25H34N2O2/c1-20(2)29-24-12-10-21(11-13-24)9-6-16-26-25(28)23-14-17-27(18-15-23)19-22-7-4-3-5-8-22/h3-5,7-8,10-13,20,23H,6,9,14-19H2,1-2H3,(H,26,28). The van der Waals surface area contributed by atoms with Crippen LogP contribution in [-0.2, 0) is 17.8 Å². The van der Waals surface area contributed by atoms with E-state index < -0.39 is 0 Å². The second kappa shape index (κ2) is 11.0. The maximum atomic E-state index is 12.5. The molecule has 0 aliphatic carbocycles. The average Bonchev–Trinajstić information content (AvgIpc) is 2.73. The van der Waals surface area contributed by atoms with Crippen LogP contribution in [-0.4, -0.2) is 36.5 Å². The first kappa shape index (κ1) is 21.4. The first-order chi connectivity index (χ1) is 14.1. The van der Waals surface area contributed by atoms with Gasteiger partial charge in [-0.25, -0.2) is 0 Å². The molecule has 4 nitrogen and oxygen atoms in total. The van der Waals surface area contributed by atoms with E-state index in [0.717, 1.165) is 57.6 Å². The molecule has 2 aromatic carbocycles. The molecule has 2 aromatic rings. The molecule has 0 bridgehead atoms. The lowest BCUT2D eigenvalue weighted by Crippen LogP contribution is -2.40. The molecule has 1 aliphatic rings. The second-order valence-corrected chi connectivity index (χ2v) is 8.24. The van der Waals surface area contributed by atoms with Gasteiger partial charge in [-0.2, -0.15) is 0 Å². The van der Waals surface area contributed by atoms with Crippen LogP contribution in [0.3, 0.4) is 0 Å². The fourth-order valence-corrected chi connectivity index (χ4v) is 3.85. The smallest absolute Gasteiger partial charge is 0.223 e. The number of nitrogens with zero attached hydrogens (tertiary/aromatic N) is 1. The van der Waals surface area contributed by atoms with E-state index in [4.69, 9.17) is 4.74 Å². The number of carbonyl (C=O) groups excluding carboxylic acids is 1. The highest BCUT2D eigenvalue weighted by atomic mass is 16.5. The van der Waals surface area contributed by atoms with Gasteiger partial charge in [0.05, 0.1) is 6.10 Å². The number of hydrogen-bond acceptors (Lipinski definition) is 3. The summed E-state index contributed by atoms with van der Waals surface area (Å²) < 4.78 is 5.67. The topological polar surface area (TPSA) is 41.6 Å². The van der Waals surface area contributed by atoms with Crippen molar-refractivity contribution in [1.82, 2.24) is 10.2 Å². The molecular formula is C25H34N2O2. The molecule has 0 aromatic heterocycles. The molecule has 3 rings (SSSR count). The van der Waals surface area contributed by atoms with Gasteiger partial charge in [-0.15, -0.1) is 0 Å². The van der Waals surface area contributed by atoms with Gasteiger partial charge in [-0.3, -0.25) is 9.69 Å². The number of aryl methyl sites for hydroxylation is 1. The molecule has 0 spiro atoms. The van der Waals surface area contributed by atoms with Crippen molar-refractivity contribution < 1.29 is 9.53 Å². The van der Waals surface area contributed by atoms with Crippen LogP contribution in [0, 0.1) is 5.92 Å². The predicted molar refractivity (Wildman–Crippen MR) is 118 cm³/mol. The predicted octanol–water partition coefficient (Wildman–Crippen LogP) is 4.43. The molecule has 0 radical (unpaired) electrons. The Labute approximate surface area is 175 Å². The van der Waals surface area contributed by atoms with E-state index in [0.29, 0.717) is 0 Å². The van der Waals surface area contributed by atoms with Gasteiger partial charge in [0, 0.05) is 19.0 Å². The highest BCUT2D eigenvalue weighted by Crippen LogP contribution is 2.19. The molecule has 1 N–H and O–H groups in total. The summed E-state index contributed by atoms with van der Waals surface area (Å²) in [4.78, 5) is 14.9. The number of rotatable bonds is 9. The molecule has 156 valence electrons. The van der Waals surface area contributed by atoms with Crippen molar-refractivity contribution in [2.75, 3.05) is 19.6 Å². The third-order valence-corrected chi connectivity index (χ3v) is 5.44. The maximum Gasteiger partial charge on any atom is 0.223 e. The number of piperidine rings is 1. The van der Waals surface area contributed by atoms with E-state index in [2.05, 4.69) is 52.7 Å². The lowest BCUT2D eigenvalue weighted by atomic mass is 9.95. The summed E-state index contributed by atoms with van der Waals surface area (Å²) in [5, 5.41) is 3.14. The van der Waals surface area contributed by atoms with Gasteiger partial charge in [-0.05, 0) is 75.9 Å². The molecule has 1 heterocycles. The molecule has 4 heteroatoms. The monoisotopic (exact) mass is 394 g/mol. The Kier molecular flexibility index (Phi) is 8.12. The van der Waals surface area contributed by atoms with Crippen molar-refractivity contribution in [3.63, 3.8) is 0 Å². The Morgan fingerprint density at radius 2 is 1.72 bits per heavy atom. The Hall–Kier alpha value is -2.33. The number of benzene rings is 2. The Bertz CT molecular complexity index is 735. The van der Waals surface area contributed by atoms with Crippen LogP contribution in [0.1, 0.15) is 44.2 Å². The number of amides is 1. The largest absolute Gasteiger partial charge is 0.491 e. The van der Waals surface area contributed by atoms with Gasteiger partial charge in [0.25, 0.3) is 0 Å². The number of carbonyl (C=O) groups is 1. The highest BCUT2D eigenvalue weighted by Gasteiger charge is 2.24. The van der Waals surface area contributed by atoms with Crippen LogP contribution in [0.15, 0.2) is 54.6 Å². The highest BCUT2D eigenvalue weighted by molar-refractivity contribution is 5.78. The van der Waals surface area contributed by atoms with Crippen molar-refractivity contribution in [2.45, 2.75) is 52.2 Å². The van der Waals surface area contributed by atoms with Gasteiger partial charge in [-0.1, -0.05) is 42.5 Å². The number of nitrogens with one attached hydrogen (secondary N) is 1. The third kappa shape index (κ3) is 7.21. The molecule has 29 heavy (non-hydrogen) atoms. The van der Waals surface area contributed by atoms with E-state index in [1.807, 2.05) is 26.0 Å². The zero-order chi connectivity index (χ0) is 20.5. The number of ether oxygens (including phenoxy) is 1. The molecule has 1 saturated heterocycles. The van der Waals surface area contributed by atoms with Crippen LogP contribution in [0.25, 0.3) is 0 Å². The summed E-state index contributed by atoms with van der Waals surface area (Å²) in [5.41, 5.74) is 2.63. The van der Waals surface area contributed by atoms with Gasteiger partial charge in [0.1, 0.15) is 5.75 Å². The Morgan fingerprint density at radius 3 is 2.38 bits per heavy atom. The van der Waals surface area contributed by atoms with E-state index in [1.165, 1.54) is 11.1 Å². The minimum atomic E-state index is 0.162. The molecule has 0 saturated carbocycles. The van der Waals surface area contributed by atoms with Gasteiger partial charge in [0.15, 0.2) is 0 Å². The summed E-state index contributed by atoms with van der Waals surface area (Å²) in [6.07, 6.45) is 4.04. The fraction of sp³-hybridized carbons (Fsp3) is 0.480. The van der Waals surface area contributed by atoms with Crippen LogP contribution in [0.4, 0.5) is 0 Å². The zero-order valence-corrected chi connectivity index (χ0v) is 17.8.